The van der Waals surface area contributed by atoms with E-state index in [1.807, 2.05) is 12.1 Å². The first kappa shape index (κ1) is 32.3. The predicted molar refractivity (Wildman–Crippen MR) is 152 cm³/mol. The fourth-order valence-electron chi connectivity index (χ4n) is 3.83. The number of nitriles is 2. The highest BCUT2D eigenvalue weighted by molar-refractivity contribution is 5.89. The van der Waals surface area contributed by atoms with Crippen molar-refractivity contribution in [1.82, 2.24) is 24.8 Å². The molecule has 0 aliphatic rings. The summed E-state index contributed by atoms with van der Waals surface area (Å²) >= 11 is 0. The molecule has 2 amide bonds. The number of carbonyl (C=O) groups excluding carboxylic acids is 1. The third-order valence-corrected chi connectivity index (χ3v) is 5.71. The molecule has 0 unspecified atom stereocenters. The van der Waals surface area contributed by atoms with E-state index in [0.717, 1.165) is 0 Å². The standard InChI is InChI=1S/C25H22N10O2.C2HF3O2/c1-3-29-25(37)33-16-7-5-8-17(10-16)35-23(14(2)32-22-18(12-27)21(28)30-13-31-22)34-19-9-4-6-15(11-26)20(19)24(35)36;3-2(4,5)1(6)7/h4-10,13-14H,3H2,1-2H3,(H2,29,33,37)(H3,28,30,31,32);(H,6,7)/t14-;/m0./s1. The number of hydrogen-bond donors (Lipinski definition) is 5. The first-order chi connectivity index (χ1) is 20.8. The van der Waals surface area contributed by atoms with E-state index in [0.29, 0.717) is 23.4 Å². The van der Waals surface area contributed by atoms with Crippen molar-refractivity contribution in [2.24, 2.45) is 0 Å². The van der Waals surface area contributed by atoms with Gasteiger partial charge in [0.15, 0.2) is 0 Å². The van der Waals surface area contributed by atoms with E-state index in [2.05, 4.69) is 25.9 Å². The molecular weight excluding hydrogens is 585 g/mol. The number of fused-ring (bicyclic) bond motifs is 1. The number of nitrogen functional groups attached to an aromatic ring is 1. The van der Waals surface area contributed by atoms with Crippen LogP contribution in [0.1, 0.15) is 36.8 Å². The number of nitrogens with zero attached hydrogens (tertiary/aromatic N) is 6. The number of aromatic nitrogens is 4. The molecule has 0 bridgehead atoms. The Morgan fingerprint density at radius 1 is 1.14 bits per heavy atom. The van der Waals surface area contributed by atoms with Gasteiger partial charge < -0.3 is 26.8 Å². The summed E-state index contributed by atoms with van der Waals surface area (Å²) in [7, 11) is 0. The van der Waals surface area contributed by atoms with Gasteiger partial charge in [-0.05, 0) is 44.2 Å². The molecule has 0 saturated heterocycles. The molecule has 2 aromatic heterocycles. The number of carbonyl (C=O) groups is 2. The highest BCUT2D eigenvalue weighted by Gasteiger charge is 2.38. The number of benzene rings is 2. The molecule has 0 aliphatic heterocycles. The molecule has 4 rings (SSSR count). The molecule has 17 heteroatoms. The van der Waals surface area contributed by atoms with Gasteiger partial charge in [-0.15, -0.1) is 0 Å². The number of rotatable bonds is 6. The summed E-state index contributed by atoms with van der Waals surface area (Å²) in [6.45, 7) is 3.99. The van der Waals surface area contributed by atoms with Crippen molar-refractivity contribution in [2.75, 3.05) is 22.9 Å². The zero-order valence-corrected chi connectivity index (χ0v) is 23.0. The Labute approximate surface area is 246 Å². The Morgan fingerprint density at radius 2 is 1.82 bits per heavy atom. The maximum absolute atomic E-state index is 13.8. The second-order valence-corrected chi connectivity index (χ2v) is 8.72. The number of anilines is 3. The third kappa shape index (κ3) is 7.34. The molecule has 2 aromatic carbocycles. The van der Waals surface area contributed by atoms with Gasteiger partial charge in [-0.2, -0.15) is 23.7 Å². The lowest BCUT2D eigenvalue weighted by molar-refractivity contribution is -0.192. The summed E-state index contributed by atoms with van der Waals surface area (Å²) in [5, 5.41) is 34.9. The fraction of sp³-hybridized carbons (Fsp3) is 0.185. The highest BCUT2D eigenvalue weighted by atomic mass is 19.4. The van der Waals surface area contributed by atoms with Crippen LogP contribution in [0.15, 0.2) is 53.6 Å². The number of alkyl halides is 3. The maximum Gasteiger partial charge on any atom is 0.490 e. The number of carboxylic acids is 1. The van der Waals surface area contributed by atoms with E-state index >= 15 is 0 Å². The Balaban J connectivity index is 0.000000676. The summed E-state index contributed by atoms with van der Waals surface area (Å²) in [6, 6.07) is 14.5. The zero-order valence-electron chi connectivity index (χ0n) is 23.0. The summed E-state index contributed by atoms with van der Waals surface area (Å²) in [5.74, 6) is -2.28. The number of urea groups is 1. The summed E-state index contributed by atoms with van der Waals surface area (Å²) in [6.07, 6.45) is -3.86. The molecule has 4 aromatic rings. The van der Waals surface area contributed by atoms with Gasteiger partial charge in [0.25, 0.3) is 5.56 Å². The predicted octanol–water partition coefficient (Wildman–Crippen LogP) is 3.45. The topological polar surface area (TPSA) is 225 Å². The zero-order chi connectivity index (χ0) is 32.6. The van der Waals surface area contributed by atoms with Crippen LogP contribution in [0.5, 0.6) is 0 Å². The Morgan fingerprint density at radius 3 is 2.43 bits per heavy atom. The van der Waals surface area contributed by atoms with Crippen LogP contribution in [0.3, 0.4) is 0 Å². The average Bonchev–Trinajstić information content (AvgIpc) is 2.97. The average molecular weight is 609 g/mol. The molecule has 0 radical (unpaired) electrons. The van der Waals surface area contributed by atoms with Gasteiger partial charge in [-0.1, -0.05) is 12.1 Å². The lowest BCUT2D eigenvalue weighted by Crippen LogP contribution is -2.29. The van der Waals surface area contributed by atoms with Gasteiger partial charge in [-0.25, -0.2) is 24.5 Å². The van der Waals surface area contributed by atoms with Crippen molar-refractivity contribution in [3.05, 3.63) is 76.1 Å². The van der Waals surface area contributed by atoms with Crippen molar-refractivity contribution in [3.8, 4) is 17.8 Å². The minimum atomic E-state index is -5.08. The normalized spacial score (nSPS) is 11.2. The molecule has 226 valence electrons. The third-order valence-electron chi connectivity index (χ3n) is 5.71. The largest absolute Gasteiger partial charge is 0.490 e. The number of nitrogens with two attached hydrogens (primary N) is 1. The summed E-state index contributed by atoms with van der Waals surface area (Å²) in [4.78, 5) is 47.5. The van der Waals surface area contributed by atoms with Gasteiger partial charge in [-0.3, -0.25) is 9.36 Å². The van der Waals surface area contributed by atoms with E-state index in [4.69, 9.17) is 20.6 Å². The number of nitrogens with one attached hydrogen (secondary N) is 3. The monoisotopic (exact) mass is 608 g/mol. The Hall–Kier alpha value is -6.23. The summed E-state index contributed by atoms with van der Waals surface area (Å²) < 4.78 is 33.1. The van der Waals surface area contributed by atoms with Crippen molar-refractivity contribution < 1.29 is 27.9 Å². The number of carboxylic acid groups (broad SMARTS) is 1. The van der Waals surface area contributed by atoms with E-state index < -0.39 is 29.8 Å². The highest BCUT2D eigenvalue weighted by Crippen LogP contribution is 2.25. The van der Waals surface area contributed by atoms with Crippen LogP contribution in [0, 0.1) is 22.7 Å². The lowest BCUT2D eigenvalue weighted by atomic mass is 10.1. The molecule has 44 heavy (non-hydrogen) atoms. The lowest BCUT2D eigenvalue weighted by Gasteiger charge is -2.21. The van der Waals surface area contributed by atoms with Gasteiger partial charge in [0.1, 0.15) is 41.5 Å². The Bertz CT molecular complexity index is 1860. The van der Waals surface area contributed by atoms with Crippen molar-refractivity contribution in [2.45, 2.75) is 26.1 Å². The van der Waals surface area contributed by atoms with Crippen molar-refractivity contribution in [3.63, 3.8) is 0 Å². The molecule has 0 fully saturated rings. The molecule has 1 atom stereocenters. The molecule has 0 aliphatic carbocycles. The molecule has 6 N–H and O–H groups in total. The van der Waals surface area contributed by atoms with Crippen molar-refractivity contribution >= 4 is 40.2 Å². The van der Waals surface area contributed by atoms with Crippen LogP contribution in [-0.4, -0.2) is 49.3 Å². The number of hydrogen-bond acceptors (Lipinski definition) is 10. The van der Waals surface area contributed by atoms with Gasteiger partial charge in [0.2, 0.25) is 0 Å². The minimum absolute atomic E-state index is 0.0128. The van der Waals surface area contributed by atoms with Crippen LogP contribution in [-0.2, 0) is 4.79 Å². The fourth-order valence-corrected chi connectivity index (χ4v) is 3.83. The molecular formula is C27H23F3N10O4. The number of amides is 2. The SMILES string of the molecule is CCNC(=O)Nc1cccc(-n2c([C@H](C)Nc3ncnc(N)c3C#N)nc3cccc(C#N)c3c2=O)c1.O=C(O)C(F)(F)F. The smallest absolute Gasteiger partial charge is 0.475 e. The van der Waals surface area contributed by atoms with E-state index in [1.54, 1.807) is 56.3 Å². The van der Waals surface area contributed by atoms with Crippen LogP contribution < -0.4 is 27.2 Å². The van der Waals surface area contributed by atoms with Gasteiger partial charge >= 0.3 is 18.2 Å². The van der Waals surface area contributed by atoms with Crippen LogP contribution in [0.25, 0.3) is 16.6 Å². The minimum Gasteiger partial charge on any atom is -0.475 e. The van der Waals surface area contributed by atoms with Crippen LogP contribution in [0.4, 0.5) is 35.3 Å². The molecule has 14 nitrogen and oxygen atoms in total. The molecule has 0 spiro atoms. The molecule has 0 saturated carbocycles. The summed E-state index contributed by atoms with van der Waals surface area (Å²) in [5.41, 5.74) is 6.79. The van der Waals surface area contributed by atoms with Gasteiger partial charge in [0.05, 0.1) is 28.2 Å². The quantitative estimate of drug-likeness (QED) is 0.213. The second kappa shape index (κ2) is 13.6. The molecule has 2 heterocycles. The Kier molecular flexibility index (Phi) is 10.00. The first-order valence-electron chi connectivity index (χ1n) is 12.5. The number of aliphatic carboxylic acids is 1. The van der Waals surface area contributed by atoms with Crippen molar-refractivity contribution in [1.29, 1.82) is 10.5 Å². The van der Waals surface area contributed by atoms with E-state index in [1.165, 1.54) is 10.9 Å². The van der Waals surface area contributed by atoms with Gasteiger partial charge in [0, 0.05) is 12.2 Å². The van der Waals surface area contributed by atoms with E-state index in [9.17, 15) is 33.3 Å². The van der Waals surface area contributed by atoms with E-state index in [-0.39, 0.29) is 34.0 Å². The second-order valence-electron chi connectivity index (χ2n) is 8.72. The number of halogens is 3. The first-order valence-corrected chi connectivity index (χ1v) is 12.5. The van der Waals surface area contributed by atoms with Crippen LogP contribution >= 0.6 is 0 Å². The van der Waals surface area contributed by atoms with Crippen LogP contribution in [0.2, 0.25) is 0 Å². The maximum atomic E-state index is 13.8.